The van der Waals surface area contributed by atoms with E-state index in [0.29, 0.717) is 12.2 Å². The minimum absolute atomic E-state index is 0.373. The van der Waals surface area contributed by atoms with E-state index in [2.05, 4.69) is 55.5 Å². The van der Waals surface area contributed by atoms with Crippen LogP contribution in [0.1, 0.15) is 48.8 Å². The number of allylic oxidation sites excluding steroid dienone is 1. The normalized spacial score (nSPS) is 20.8. The summed E-state index contributed by atoms with van der Waals surface area (Å²) in [7, 11) is 1.67. The predicted octanol–water partition coefficient (Wildman–Crippen LogP) is 5.49. The van der Waals surface area contributed by atoms with Crippen molar-refractivity contribution in [2.45, 2.75) is 44.4 Å². The fraction of sp³-hybridized carbons (Fsp3) is 0.348. The maximum atomic E-state index is 12.9. The third kappa shape index (κ3) is 3.84. The van der Waals surface area contributed by atoms with E-state index in [-0.39, 0.29) is 5.41 Å². The van der Waals surface area contributed by atoms with Gasteiger partial charge >= 0.3 is 0 Å². The third-order valence-electron chi connectivity index (χ3n) is 5.29. The zero-order valence-electron chi connectivity index (χ0n) is 15.1. The number of aryl methyl sites for hydroxylation is 1. The van der Waals surface area contributed by atoms with Crippen LogP contribution in [0, 0.1) is 6.92 Å². The first-order chi connectivity index (χ1) is 12.1. The Balaban J connectivity index is 1.86. The van der Waals surface area contributed by atoms with Gasteiger partial charge < -0.3 is 4.74 Å². The highest BCUT2D eigenvalue weighted by atomic mass is 16.5. The van der Waals surface area contributed by atoms with Crippen LogP contribution in [0.4, 0.5) is 0 Å². The number of Topliss-reactive ketones (excluding diaryl/α,β-unsaturated/α-hetero) is 1. The summed E-state index contributed by atoms with van der Waals surface area (Å²) in [4.78, 5) is 12.9. The topological polar surface area (TPSA) is 26.3 Å². The van der Waals surface area contributed by atoms with E-state index in [1.807, 2.05) is 12.1 Å². The van der Waals surface area contributed by atoms with Crippen LogP contribution in [0.2, 0.25) is 0 Å². The first kappa shape index (κ1) is 17.5. The molecule has 0 amide bonds. The quantitative estimate of drug-likeness (QED) is 0.723. The monoisotopic (exact) mass is 334 g/mol. The minimum Gasteiger partial charge on any atom is -0.497 e. The van der Waals surface area contributed by atoms with Crippen molar-refractivity contribution >= 4 is 11.9 Å². The number of rotatable bonds is 5. The summed E-state index contributed by atoms with van der Waals surface area (Å²) < 4.78 is 5.27. The molecule has 1 aliphatic carbocycles. The zero-order valence-corrected chi connectivity index (χ0v) is 15.1. The van der Waals surface area contributed by atoms with Crippen LogP contribution >= 0.6 is 0 Å². The van der Waals surface area contributed by atoms with Crippen molar-refractivity contribution < 1.29 is 9.53 Å². The van der Waals surface area contributed by atoms with E-state index in [4.69, 9.17) is 4.74 Å². The molecule has 1 saturated carbocycles. The first-order valence-corrected chi connectivity index (χ1v) is 9.05. The van der Waals surface area contributed by atoms with Gasteiger partial charge in [0.25, 0.3) is 0 Å². The van der Waals surface area contributed by atoms with Crippen LogP contribution in [0.3, 0.4) is 0 Å². The molecule has 2 heteroatoms. The van der Waals surface area contributed by atoms with Gasteiger partial charge in [-0.25, -0.2) is 0 Å². The standard InChI is InChI=1S/C23H26O2/c1-18-8-10-19(11-9-18)6-5-17-23(16-4-3-7-22(23)24)20-12-14-21(25-2)15-13-20/h5-6,8-15H,3-4,7,16-17H2,1-2H3/b6-5+/t23-/m1/s1. The van der Waals surface area contributed by atoms with Gasteiger partial charge in [-0.3, -0.25) is 4.79 Å². The molecule has 0 aliphatic heterocycles. The zero-order chi connectivity index (χ0) is 17.7. The van der Waals surface area contributed by atoms with Crippen molar-refractivity contribution in [3.63, 3.8) is 0 Å². The summed E-state index contributed by atoms with van der Waals surface area (Å²) in [5.41, 5.74) is 3.17. The van der Waals surface area contributed by atoms with Gasteiger partial charge in [0, 0.05) is 6.42 Å². The van der Waals surface area contributed by atoms with E-state index in [9.17, 15) is 4.79 Å². The molecule has 25 heavy (non-hydrogen) atoms. The highest BCUT2D eigenvalue weighted by Gasteiger charge is 2.40. The molecule has 130 valence electrons. The number of methoxy groups -OCH3 is 1. The van der Waals surface area contributed by atoms with Crippen LogP contribution in [0.15, 0.2) is 54.6 Å². The summed E-state index contributed by atoms with van der Waals surface area (Å²) in [6.45, 7) is 2.09. The van der Waals surface area contributed by atoms with E-state index < -0.39 is 0 Å². The molecule has 2 aromatic rings. The third-order valence-corrected chi connectivity index (χ3v) is 5.29. The smallest absolute Gasteiger partial charge is 0.143 e. The Labute approximate surface area is 150 Å². The van der Waals surface area contributed by atoms with Crippen molar-refractivity contribution in [2.24, 2.45) is 0 Å². The fourth-order valence-electron chi connectivity index (χ4n) is 3.71. The Bertz CT molecular complexity index is 741. The number of hydrogen-bond acceptors (Lipinski definition) is 2. The molecule has 2 aromatic carbocycles. The van der Waals surface area contributed by atoms with Crippen molar-refractivity contribution in [2.75, 3.05) is 7.11 Å². The molecule has 0 radical (unpaired) electrons. The lowest BCUT2D eigenvalue weighted by Gasteiger charge is -2.35. The Morgan fingerprint density at radius 3 is 2.40 bits per heavy atom. The largest absolute Gasteiger partial charge is 0.497 e. The van der Waals surface area contributed by atoms with E-state index in [1.165, 1.54) is 11.1 Å². The van der Waals surface area contributed by atoms with Crippen molar-refractivity contribution in [3.8, 4) is 5.75 Å². The second kappa shape index (κ2) is 7.69. The molecule has 0 aromatic heterocycles. The molecular formula is C23H26O2. The van der Waals surface area contributed by atoms with E-state index >= 15 is 0 Å². The Hall–Kier alpha value is -2.35. The summed E-state index contributed by atoms with van der Waals surface area (Å²) >= 11 is 0. The molecule has 2 nitrogen and oxygen atoms in total. The van der Waals surface area contributed by atoms with Gasteiger partial charge in [-0.2, -0.15) is 0 Å². The number of carbonyl (C=O) groups excluding carboxylic acids is 1. The molecule has 3 rings (SSSR count). The number of ether oxygens (including phenoxy) is 1. The molecule has 1 aliphatic rings. The Kier molecular flexibility index (Phi) is 5.37. The maximum Gasteiger partial charge on any atom is 0.143 e. The van der Waals surface area contributed by atoms with Crippen LogP contribution in [0.5, 0.6) is 5.75 Å². The summed E-state index contributed by atoms with van der Waals surface area (Å²) in [6, 6.07) is 16.5. The minimum atomic E-state index is -0.383. The number of carbonyl (C=O) groups is 1. The maximum absolute atomic E-state index is 12.9. The molecule has 0 bridgehead atoms. The Morgan fingerprint density at radius 2 is 1.76 bits per heavy atom. The van der Waals surface area contributed by atoms with Crippen LogP contribution < -0.4 is 4.74 Å². The average molecular weight is 334 g/mol. The Morgan fingerprint density at radius 1 is 1.04 bits per heavy atom. The van der Waals surface area contributed by atoms with E-state index in [1.54, 1.807) is 7.11 Å². The lowest BCUT2D eigenvalue weighted by Crippen LogP contribution is -2.38. The summed E-state index contributed by atoms with van der Waals surface area (Å²) in [6.07, 6.45) is 8.78. The summed E-state index contributed by atoms with van der Waals surface area (Å²) in [5, 5.41) is 0. The van der Waals surface area contributed by atoms with Crippen molar-refractivity contribution in [1.29, 1.82) is 0 Å². The van der Waals surface area contributed by atoms with Crippen LogP contribution in [0.25, 0.3) is 6.08 Å². The molecule has 0 heterocycles. The highest BCUT2D eigenvalue weighted by molar-refractivity contribution is 5.91. The van der Waals surface area contributed by atoms with Gasteiger partial charge in [0.05, 0.1) is 12.5 Å². The lowest BCUT2D eigenvalue weighted by molar-refractivity contribution is -0.126. The first-order valence-electron chi connectivity index (χ1n) is 9.05. The van der Waals surface area contributed by atoms with Crippen LogP contribution in [-0.2, 0) is 10.2 Å². The van der Waals surface area contributed by atoms with Gasteiger partial charge in [-0.1, -0.05) is 60.5 Å². The molecule has 0 unspecified atom stereocenters. The number of benzene rings is 2. The lowest BCUT2D eigenvalue weighted by atomic mass is 9.66. The molecule has 1 atom stereocenters. The van der Waals surface area contributed by atoms with Gasteiger partial charge in [0.2, 0.25) is 0 Å². The van der Waals surface area contributed by atoms with Gasteiger partial charge in [-0.05, 0) is 49.4 Å². The average Bonchev–Trinajstić information content (AvgIpc) is 2.65. The molecule has 0 N–H and O–H groups in total. The predicted molar refractivity (Wildman–Crippen MR) is 103 cm³/mol. The molecular weight excluding hydrogens is 308 g/mol. The highest BCUT2D eigenvalue weighted by Crippen LogP contribution is 2.40. The SMILES string of the molecule is COc1ccc([C@]2(C/C=C/c3ccc(C)cc3)CCCCC2=O)cc1. The molecule has 0 saturated heterocycles. The fourth-order valence-corrected chi connectivity index (χ4v) is 3.71. The second-order valence-corrected chi connectivity index (χ2v) is 6.96. The second-order valence-electron chi connectivity index (χ2n) is 6.96. The van der Waals surface area contributed by atoms with Gasteiger partial charge in [-0.15, -0.1) is 0 Å². The van der Waals surface area contributed by atoms with Crippen LogP contribution in [-0.4, -0.2) is 12.9 Å². The van der Waals surface area contributed by atoms with Gasteiger partial charge in [0.15, 0.2) is 0 Å². The van der Waals surface area contributed by atoms with Crippen molar-refractivity contribution in [1.82, 2.24) is 0 Å². The summed E-state index contributed by atoms with van der Waals surface area (Å²) in [5.74, 6) is 1.20. The van der Waals surface area contributed by atoms with E-state index in [0.717, 1.165) is 37.0 Å². The number of hydrogen-bond donors (Lipinski definition) is 0. The van der Waals surface area contributed by atoms with Crippen molar-refractivity contribution in [3.05, 3.63) is 71.3 Å². The molecule has 0 spiro atoms. The van der Waals surface area contributed by atoms with Gasteiger partial charge in [0.1, 0.15) is 11.5 Å². The molecule has 1 fully saturated rings. The number of ketones is 1.